The van der Waals surface area contributed by atoms with Crippen LogP contribution in [0.25, 0.3) is 22.5 Å². The number of thioether (sulfide) groups is 1. The lowest BCUT2D eigenvalue weighted by Gasteiger charge is -2.16. The maximum Gasteiger partial charge on any atom is 0.220 e. The quantitative estimate of drug-likeness (QED) is 0.184. The van der Waals surface area contributed by atoms with Crippen LogP contribution in [0.4, 0.5) is 0 Å². The van der Waals surface area contributed by atoms with E-state index in [1.807, 2.05) is 30.3 Å². The summed E-state index contributed by atoms with van der Waals surface area (Å²) in [5.74, 6) is 0.960. The molecular weight excluding hydrogens is 450 g/mol. The Kier molecular flexibility index (Phi) is 8.79. The molecular formula is C30H33N3OS. The molecule has 0 fully saturated rings. The van der Waals surface area contributed by atoms with Gasteiger partial charge >= 0.3 is 0 Å². The zero-order chi connectivity index (χ0) is 24.5. The SMILES string of the molecule is CC(C)n1c(SCCCC(=O)NCCc2ccccc2)nc(-c2ccccc2)c1-c1ccccc1. The third-order valence-electron chi connectivity index (χ3n) is 5.85. The summed E-state index contributed by atoms with van der Waals surface area (Å²) in [5.41, 5.74) is 5.68. The Hall–Kier alpha value is -3.31. The second-order valence-electron chi connectivity index (χ2n) is 8.82. The van der Waals surface area contributed by atoms with Gasteiger partial charge in [0, 0.05) is 35.9 Å². The van der Waals surface area contributed by atoms with Crippen molar-refractivity contribution in [2.45, 2.75) is 44.3 Å². The second kappa shape index (κ2) is 12.4. The van der Waals surface area contributed by atoms with Crippen molar-refractivity contribution in [3.05, 3.63) is 96.6 Å². The van der Waals surface area contributed by atoms with Gasteiger partial charge in [0.25, 0.3) is 0 Å². The van der Waals surface area contributed by atoms with E-state index in [1.165, 1.54) is 5.56 Å². The Morgan fingerprint density at radius 2 is 1.49 bits per heavy atom. The maximum atomic E-state index is 12.3. The fourth-order valence-corrected chi connectivity index (χ4v) is 5.21. The highest BCUT2D eigenvalue weighted by Gasteiger charge is 2.21. The number of nitrogens with zero attached hydrogens (tertiary/aromatic N) is 2. The molecule has 0 atom stereocenters. The van der Waals surface area contributed by atoms with Gasteiger partial charge in [0.05, 0.1) is 11.4 Å². The summed E-state index contributed by atoms with van der Waals surface area (Å²) >= 11 is 1.73. The van der Waals surface area contributed by atoms with Gasteiger partial charge in [-0.25, -0.2) is 4.98 Å². The minimum Gasteiger partial charge on any atom is -0.356 e. The predicted octanol–water partition coefficient (Wildman–Crippen LogP) is 7.03. The number of aromatic nitrogens is 2. The molecule has 0 aliphatic rings. The summed E-state index contributed by atoms with van der Waals surface area (Å²) in [4.78, 5) is 17.4. The molecule has 3 aromatic carbocycles. The standard InChI is InChI=1S/C30H33N3OS/c1-23(2)33-29(26-17-10-5-11-18-26)28(25-15-8-4-9-16-25)32-30(33)35-22-12-19-27(34)31-21-20-24-13-6-3-7-14-24/h3-11,13-18,23H,12,19-22H2,1-2H3,(H,31,34). The number of benzene rings is 3. The number of carbonyl (C=O) groups is 1. The fraction of sp³-hybridized carbons (Fsp3) is 0.267. The van der Waals surface area contributed by atoms with E-state index in [4.69, 9.17) is 4.98 Å². The monoisotopic (exact) mass is 483 g/mol. The minimum absolute atomic E-state index is 0.115. The highest BCUT2D eigenvalue weighted by atomic mass is 32.2. The van der Waals surface area contributed by atoms with Gasteiger partial charge in [-0.2, -0.15) is 0 Å². The zero-order valence-corrected chi connectivity index (χ0v) is 21.3. The number of carbonyl (C=O) groups excluding carboxylic acids is 1. The molecule has 180 valence electrons. The van der Waals surface area contributed by atoms with Gasteiger partial charge in [-0.1, -0.05) is 103 Å². The molecule has 0 aliphatic carbocycles. The van der Waals surface area contributed by atoms with E-state index in [1.54, 1.807) is 11.8 Å². The molecule has 0 unspecified atom stereocenters. The molecule has 0 bridgehead atoms. The van der Waals surface area contributed by atoms with Crippen molar-refractivity contribution in [1.82, 2.24) is 14.9 Å². The Bertz CT molecular complexity index is 1200. The summed E-state index contributed by atoms with van der Waals surface area (Å²) in [6.07, 6.45) is 2.20. The smallest absolute Gasteiger partial charge is 0.220 e. The van der Waals surface area contributed by atoms with Crippen LogP contribution in [0.2, 0.25) is 0 Å². The first kappa shape index (κ1) is 24.8. The zero-order valence-electron chi connectivity index (χ0n) is 20.5. The summed E-state index contributed by atoms with van der Waals surface area (Å²) in [6.45, 7) is 5.08. The van der Waals surface area contributed by atoms with Crippen LogP contribution in [0.15, 0.2) is 96.2 Å². The third kappa shape index (κ3) is 6.64. The molecule has 1 heterocycles. The van der Waals surface area contributed by atoms with Gasteiger partial charge in [0.2, 0.25) is 5.91 Å². The van der Waals surface area contributed by atoms with Crippen LogP contribution in [0, 0.1) is 0 Å². The third-order valence-corrected chi connectivity index (χ3v) is 6.89. The average molecular weight is 484 g/mol. The van der Waals surface area contributed by atoms with E-state index >= 15 is 0 Å². The number of hydrogen-bond acceptors (Lipinski definition) is 3. The molecule has 1 N–H and O–H groups in total. The molecule has 0 spiro atoms. The number of imidazole rings is 1. The summed E-state index contributed by atoms with van der Waals surface area (Å²) < 4.78 is 2.34. The average Bonchev–Trinajstić information content (AvgIpc) is 3.28. The fourth-order valence-electron chi connectivity index (χ4n) is 4.14. The topological polar surface area (TPSA) is 46.9 Å². The van der Waals surface area contributed by atoms with Crippen molar-refractivity contribution in [3.63, 3.8) is 0 Å². The normalized spacial score (nSPS) is 11.1. The lowest BCUT2D eigenvalue weighted by molar-refractivity contribution is -0.121. The van der Waals surface area contributed by atoms with Crippen molar-refractivity contribution in [3.8, 4) is 22.5 Å². The van der Waals surface area contributed by atoms with Gasteiger partial charge in [0.15, 0.2) is 5.16 Å². The Morgan fingerprint density at radius 3 is 2.11 bits per heavy atom. The van der Waals surface area contributed by atoms with E-state index in [0.29, 0.717) is 13.0 Å². The van der Waals surface area contributed by atoms with Crippen molar-refractivity contribution < 1.29 is 4.79 Å². The van der Waals surface area contributed by atoms with E-state index < -0.39 is 0 Å². The van der Waals surface area contributed by atoms with Crippen LogP contribution in [-0.4, -0.2) is 27.8 Å². The van der Waals surface area contributed by atoms with Gasteiger partial charge < -0.3 is 9.88 Å². The minimum atomic E-state index is 0.115. The largest absolute Gasteiger partial charge is 0.356 e. The molecule has 0 saturated carbocycles. The molecule has 0 radical (unpaired) electrons. The predicted molar refractivity (Wildman–Crippen MR) is 147 cm³/mol. The lowest BCUT2D eigenvalue weighted by Crippen LogP contribution is -2.25. The van der Waals surface area contributed by atoms with Crippen LogP contribution < -0.4 is 5.32 Å². The summed E-state index contributed by atoms with van der Waals surface area (Å²) in [6, 6.07) is 31.4. The molecule has 0 saturated heterocycles. The lowest BCUT2D eigenvalue weighted by atomic mass is 10.0. The molecule has 1 aromatic heterocycles. The van der Waals surface area contributed by atoms with Crippen LogP contribution in [0.1, 0.15) is 38.3 Å². The van der Waals surface area contributed by atoms with Crippen molar-refractivity contribution in [2.75, 3.05) is 12.3 Å². The summed E-state index contributed by atoms with van der Waals surface area (Å²) in [7, 11) is 0. The summed E-state index contributed by atoms with van der Waals surface area (Å²) in [5, 5.41) is 4.05. The molecule has 0 aliphatic heterocycles. The molecule has 4 aromatic rings. The van der Waals surface area contributed by atoms with Crippen molar-refractivity contribution in [2.24, 2.45) is 0 Å². The molecule has 4 rings (SSSR count). The molecule has 1 amide bonds. The van der Waals surface area contributed by atoms with Gasteiger partial charge in [-0.3, -0.25) is 4.79 Å². The highest BCUT2D eigenvalue weighted by Crippen LogP contribution is 2.38. The van der Waals surface area contributed by atoms with Gasteiger partial charge in [-0.05, 0) is 32.3 Å². The van der Waals surface area contributed by atoms with Crippen molar-refractivity contribution >= 4 is 17.7 Å². The molecule has 35 heavy (non-hydrogen) atoms. The first-order valence-corrected chi connectivity index (χ1v) is 13.3. The first-order chi connectivity index (χ1) is 17.1. The number of hydrogen-bond donors (Lipinski definition) is 1. The van der Waals surface area contributed by atoms with E-state index in [9.17, 15) is 4.79 Å². The second-order valence-corrected chi connectivity index (χ2v) is 9.89. The van der Waals surface area contributed by atoms with E-state index in [2.05, 4.69) is 84.4 Å². The van der Waals surface area contributed by atoms with Gasteiger partial charge in [0.1, 0.15) is 0 Å². The number of amides is 1. The Morgan fingerprint density at radius 1 is 0.886 bits per heavy atom. The van der Waals surface area contributed by atoms with E-state index in [-0.39, 0.29) is 11.9 Å². The Balaban J connectivity index is 1.42. The van der Waals surface area contributed by atoms with Crippen LogP contribution >= 0.6 is 11.8 Å². The van der Waals surface area contributed by atoms with Crippen LogP contribution in [-0.2, 0) is 11.2 Å². The van der Waals surface area contributed by atoms with Gasteiger partial charge in [-0.15, -0.1) is 0 Å². The highest BCUT2D eigenvalue weighted by molar-refractivity contribution is 7.99. The maximum absolute atomic E-state index is 12.3. The van der Waals surface area contributed by atoms with Crippen molar-refractivity contribution in [1.29, 1.82) is 0 Å². The van der Waals surface area contributed by atoms with Crippen LogP contribution in [0.3, 0.4) is 0 Å². The Labute approximate surface area is 212 Å². The first-order valence-electron chi connectivity index (χ1n) is 12.3. The molecule has 4 nitrogen and oxygen atoms in total. The number of nitrogens with one attached hydrogen (secondary N) is 1. The van der Waals surface area contributed by atoms with E-state index in [0.717, 1.165) is 46.3 Å². The molecule has 5 heteroatoms. The van der Waals surface area contributed by atoms with Crippen LogP contribution in [0.5, 0.6) is 0 Å². The number of rotatable bonds is 11.